The third-order valence-electron chi connectivity index (χ3n) is 3.25. The molecule has 0 aliphatic carbocycles. The summed E-state index contributed by atoms with van der Waals surface area (Å²) in [6, 6.07) is 4.92. The molecule has 4 rings (SSSR count). The second kappa shape index (κ2) is 4.13. The van der Waals surface area contributed by atoms with Gasteiger partial charge in [0.25, 0.3) is 5.52 Å². The summed E-state index contributed by atoms with van der Waals surface area (Å²) in [5, 5.41) is 28.8. The molecule has 0 aliphatic heterocycles. The van der Waals surface area contributed by atoms with Gasteiger partial charge in [0, 0.05) is 23.2 Å². The van der Waals surface area contributed by atoms with Gasteiger partial charge in [-0.1, -0.05) is 11.6 Å². The molecule has 1 aromatic carbocycles. The van der Waals surface area contributed by atoms with Gasteiger partial charge in [0.15, 0.2) is 5.82 Å². The molecule has 0 bridgehead atoms. The van der Waals surface area contributed by atoms with Crippen molar-refractivity contribution in [1.82, 2.24) is 29.5 Å². The molecule has 0 radical (unpaired) electrons. The molecular formula is C12H8ClN7O. The summed E-state index contributed by atoms with van der Waals surface area (Å²) in [6.45, 7) is 0. The molecule has 3 heterocycles. The monoisotopic (exact) mass is 301 g/mol. The molecule has 104 valence electrons. The maximum atomic E-state index is 12.1. The van der Waals surface area contributed by atoms with Gasteiger partial charge >= 0.3 is 0 Å². The first kappa shape index (κ1) is 12.0. The van der Waals surface area contributed by atoms with Crippen molar-refractivity contribution in [3.05, 3.63) is 41.0 Å². The van der Waals surface area contributed by atoms with E-state index in [1.165, 1.54) is 0 Å². The van der Waals surface area contributed by atoms with Crippen molar-refractivity contribution >= 4 is 28.3 Å². The van der Waals surface area contributed by atoms with E-state index in [0.29, 0.717) is 37.9 Å². The van der Waals surface area contributed by atoms with Crippen LogP contribution in [0.15, 0.2) is 30.7 Å². The zero-order valence-corrected chi connectivity index (χ0v) is 11.6. The average molecular weight is 302 g/mol. The number of nitrogens with zero attached hydrogens (tertiary/aromatic N) is 7. The molecule has 0 aliphatic rings. The predicted molar refractivity (Wildman–Crippen MR) is 74.5 cm³/mol. The smallest absolute Gasteiger partial charge is 0.270 e. The number of aryl methyl sites for hydroxylation is 1. The topological polar surface area (TPSA) is 87.8 Å². The largest absolute Gasteiger partial charge is 0.594 e. The van der Waals surface area contributed by atoms with E-state index < -0.39 is 0 Å². The number of halogens is 1. The number of rotatable bonds is 1. The van der Waals surface area contributed by atoms with Crippen LogP contribution in [0.2, 0.25) is 5.02 Å². The minimum Gasteiger partial charge on any atom is -0.594 e. The quantitative estimate of drug-likeness (QED) is 0.386. The van der Waals surface area contributed by atoms with Crippen LogP contribution in [0, 0.1) is 5.21 Å². The third kappa shape index (κ3) is 1.66. The summed E-state index contributed by atoms with van der Waals surface area (Å²) in [5.74, 6) is 0.582. The van der Waals surface area contributed by atoms with Crippen molar-refractivity contribution in [2.24, 2.45) is 7.05 Å². The van der Waals surface area contributed by atoms with E-state index in [-0.39, 0.29) is 0 Å². The van der Waals surface area contributed by atoms with Gasteiger partial charge in [0.1, 0.15) is 11.8 Å². The van der Waals surface area contributed by atoms with E-state index in [1.807, 2.05) is 7.05 Å². The SMILES string of the molecule is Cn1cnnc1-c1cnn2c1n[n+]([O-])c1ccc(Cl)cc12. The number of hydrogen-bond donors (Lipinski definition) is 0. The maximum absolute atomic E-state index is 12.1. The minimum atomic E-state index is 0.388. The molecule has 4 aromatic rings. The molecule has 3 aromatic heterocycles. The first-order valence-electron chi connectivity index (χ1n) is 6.06. The van der Waals surface area contributed by atoms with Gasteiger partial charge in [-0.3, -0.25) is 0 Å². The van der Waals surface area contributed by atoms with Crippen LogP contribution in [0.4, 0.5) is 0 Å². The number of benzene rings is 1. The fourth-order valence-corrected chi connectivity index (χ4v) is 2.43. The highest BCUT2D eigenvalue weighted by molar-refractivity contribution is 6.31. The second-order valence-electron chi connectivity index (χ2n) is 4.57. The molecule has 0 fully saturated rings. The summed E-state index contributed by atoms with van der Waals surface area (Å²) >= 11 is 6.00. The fraction of sp³-hybridized carbons (Fsp3) is 0.0833. The Morgan fingerprint density at radius 2 is 2.19 bits per heavy atom. The lowest BCUT2D eigenvalue weighted by Gasteiger charge is -2.02. The summed E-state index contributed by atoms with van der Waals surface area (Å²) in [5.41, 5.74) is 1.99. The molecule has 0 atom stereocenters. The van der Waals surface area contributed by atoms with Gasteiger partial charge in [0.05, 0.1) is 11.8 Å². The van der Waals surface area contributed by atoms with Gasteiger partial charge in [-0.25, -0.2) is 4.52 Å². The van der Waals surface area contributed by atoms with Gasteiger partial charge in [-0.2, -0.15) is 5.10 Å². The van der Waals surface area contributed by atoms with E-state index in [0.717, 1.165) is 0 Å². The molecule has 0 amide bonds. The Kier molecular flexibility index (Phi) is 2.36. The van der Waals surface area contributed by atoms with Crippen molar-refractivity contribution in [3.63, 3.8) is 0 Å². The normalized spacial score (nSPS) is 11.5. The summed E-state index contributed by atoms with van der Waals surface area (Å²) in [6.07, 6.45) is 3.18. The standard InChI is InChI=1S/C12H8ClN7O/c1-18-6-14-16-11(18)8-5-15-19-10-4-7(13)2-3-9(10)20(21)17-12(8)19/h2-6H,1H3. The minimum absolute atomic E-state index is 0.388. The Balaban J connectivity index is 2.14. The van der Waals surface area contributed by atoms with Gasteiger partial charge in [0.2, 0.25) is 5.65 Å². The van der Waals surface area contributed by atoms with Crippen LogP contribution in [0.3, 0.4) is 0 Å². The van der Waals surface area contributed by atoms with Crippen molar-refractivity contribution < 1.29 is 4.85 Å². The molecule has 0 saturated heterocycles. The molecule has 9 heteroatoms. The molecule has 0 N–H and O–H groups in total. The fourth-order valence-electron chi connectivity index (χ4n) is 2.27. The predicted octanol–water partition coefficient (Wildman–Crippen LogP) is 0.965. The third-order valence-corrected chi connectivity index (χ3v) is 3.49. The van der Waals surface area contributed by atoms with E-state index in [4.69, 9.17) is 11.6 Å². The van der Waals surface area contributed by atoms with Crippen LogP contribution < -0.4 is 4.85 Å². The Morgan fingerprint density at radius 1 is 1.33 bits per heavy atom. The lowest BCUT2D eigenvalue weighted by molar-refractivity contribution is -0.640. The van der Waals surface area contributed by atoms with Gasteiger partial charge in [-0.05, 0) is 17.0 Å². The first-order valence-corrected chi connectivity index (χ1v) is 6.44. The second-order valence-corrected chi connectivity index (χ2v) is 5.00. The van der Waals surface area contributed by atoms with Crippen LogP contribution in [0.25, 0.3) is 28.1 Å². The van der Waals surface area contributed by atoms with Crippen molar-refractivity contribution in [2.75, 3.05) is 0 Å². The zero-order chi connectivity index (χ0) is 14.6. The average Bonchev–Trinajstić information content (AvgIpc) is 3.04. The zero-order valence-electron chi connectivity index (χ0n) is 10.8. The summed E-state index contributed by atoms with van der Waals surface area (Å²) in [4.78, 5) is 0.558. The Labute approximate surface area is 122 Å². The van der Waals surface area contributed by atoms with Crippen LogP contribution in [0.5, 0.6) is 0 Å². The van der Waals surface area contributed by atoms with Gasteiger partial charge in [-0.15, -0.1) is 10.2 Å². The molecule has 0 spiro atoms. The lowest BCUT2D eigenvalue weighted by atomic mass is 10.3. The summed E-state index contributed by atoms with van der Waals surface area (Å²) < 4.78 is 3.30. The summed E-state index contributed by atoms with van der Waals surface area (Å²) in [7, 11) is 1.81. The highest BCUT2D eigenvalue weighted by Gasteiger charge is 2.19. The molecule has 21 heavy (non-hydrogen) atoms. The molecule has 0 unspecified atom stereocenters. The molecule has 8 nitrogen and oxygen atoms in total. The van der Waals surface area contributed by atoms with Crippen molar-refractivity contribution in [2.45, 2.75) is 0 Å². The van der Waals surface area contributed by atoms with Crippen LogP contribution in [0.1, 0.15) is 0 Å². The number of hydrogen-bond acceptors (Lipinski definition) is 5. The Bertz CT molecular complexity index is 990. The molecular weight excluding hydrogens is 294 g/mol. The molecule has 0 saturated carbocycles. The number of aromatic nitrogens is 7. The van der Waals surface area contributed by atoms with Crippen LogP contribution >= 0.6 is 11.6 Å². The Morgan fingerprint density at radius 3 is 2.95 bits per heavy atom. The van der Waals surface area contributed by atoms with Crippen molar-refractivity contribution in [1.29, 1.82) is 0 Å². The first-order chi connectivity index (χ1) is 10.1. The van der Waals surface area contributed by atoms with E-state index in [1.54, 1.807) is 39.8 Å². The highest BCUT2D eigenvalue weighted by Crippen LogP contribution is 2.23. The van der Waals surface area contributed by atoms with Crippen molar-refractivity contribution in [3.8, 4) is 11.4 Å². The van der Waals surface area contributed by atoms with E-state index >= 15 is 0 Å². The van der Waals surface area contributed by atoms with E-state index in [9.17, 15) is 5.21 Å². The van der Waals surface area contributed by atoms with E-state index in [2.05, 4.69) is 20.4 Å². The Hall–Kier alpha value is -2.74. The van der Waals surface area contributed by atoms with Crippen LogP contribution in [-0.4, -0.2) is 29.5 Å². The van der Waals surface area contributed by atoms with Crippen LogP contribution in [-0.2, 0) is 7.05 Å². The maximum Gasteiger partial charge on any atom is 0.270 e. The highest BCUT2D eigenvalue weighted by atomic mass is 35.5. The number of fused-ring (bicyclic) bond motifs is 3. The lowest BCUT2D eigenvalue weighted by Crippen LogP contribution is -2.33. The van der Waals surface area contributed by atoms with Gasteiger partial charge < -0.3 is 9.77 Å².